The minimum atomic E-state index is -3.81. The van der Waals surface area contributed by atoms with Crippen molar-refractivity contribution in [3.8, 4) is 0 Å². The van der Waals surface area contributed by atoms with Crippen molar-refractivity contribution in [1.82, 2.24) is 10.0 Å². The summed E-state index contributed by atoms with van der Waals surface area (Å²) in [6.07, 6.45) is 0. The van der Waals surface area contributed by atoms with Gasteiger partial charge in [0.05, 0.1) is 10.9 Å². The van der Waals surface area contributed by atoms with Crippen LogP contribution in [0.3, 0.4) is 0 Å². The lowest BCUT2D eigenvalue weighted by molar-refractivity contribution is -0.138. The van der Waals surface area contributed by atoms with Crippen LogP contribution in [0.2, 0.25) is 0 Å². The molecule has 0 saturated heterocycles. The fourth-order valence-corrected chi connectivity index (χ4v) is 3.43. The number of sulfonamides is 1. The molecule has 2 atom stereocenters. The first-order valence-electron chi connectivity index (χ1n) is 8.26. The second-order valence-corrected chi connectivity index (χ2v) is 8.28. The smallest absolute Gasteiger partial charge is 0.253 e. The Morgan fingerprint density at radius 1 is 1.12 bits per heavy atom. The van der Waals surface area contributed by atoms with E-state index in [2.05, 4.69) is 10.0 Å². The third kappa shape index (κ3) is 5.14. The van der Waals surface area contributed by atoms with Gasteiger partial charge in [-0.3, -0.25) is 4.79 Å². The van der Waals surface area contributed by atoms with Crippen LogP contribution in [0.4, 0.5) is 0 Å². The summed E-state index contributed by atoms with van der Waals surface area (Å²) in [6, 6.07) is 15.3. The highest BCUT2D eigenvalue weighted by Crippen LogP contribution is 2.15. The summed E-state index contributed by atoms with van der Waals surface area (Å²) < 4.78 is 26.9. The van der Waals surface area contributed by atoms with Gasteiger partial charge in [0.25, 0.3) is 5.91 Å². The third-order valence-electron chi connectivity index (χ3n) is 4.07. The summed E-state index contributed by atoms with van der Waals surface area (Å²) >= 11 is 0. The van der Waals surface area contributed by atoms with E-state index in [-0.39, 0.29) is 10.9 Å². The SMILES string of the molecule is Cc1ccc(S(=O)(=O)NC[C@@](C)(O)C(=O)N[C@@H](C)c2ccccc2)cc1. The highest BCUT2D eigenvalue weighted by atomic mass is 32.2. The molecule has 0 fully saturated rings. The maximum atomic E-state index is 12.4. The first kappa shape index (κ1) is 20.1. The van der Waals surface area contributed by atoms with Crippen molar-refractivity contribution >= 4 is 15.9 Å². The van der Waals surface area contributed by atoms with E-state index in [1.165, 1.54) is 19.1 Å². The molecular formula is C19H24N2O4S. The molecule has 0 bridgehead atoms. The van der Waals surface area contributed by atoms with Crippen molar-refractivity contribution in [3.05, 3.63) is 65.7 Å². The lowest BCUT2D eigenvalue weighted by Gasteiger charge is -2.25. The predicted octanol–water partition coefficient (Wildman–Crippen LogP) is 1.90. The highest BCUT2D eigenvalue weighted by molar-refractivity contribution is 7.89. The minimum Gasteiger partial charge on any atom is -0.379 e. The number of benzene rings is 2. The molecule has 0 unspecified atom stereocenters. The van der Waals surface area contributed by atoms with Gasteiger partial charge in [-0.2, -0.15) is 0 Å². The molecule has 2 rings (SSSR count). The second kappa shape index (κ2) is 7.99. The fraction of sp³-hybridized carbons (Fsp3) is 0.316. The molecule has 0 heterocycles. The first-order valence-corrected chi connectivity index (χ1v) is 9.75. The summed E-state index contributed by atoms with van der Waals surface area (Å²) in [4.78, 5) is 12.4. The summed E-state index contributed by atoms with van der Waals surface area (Å²) in [5.41, 5.74) is -0.0667. The van der Waals surface area contributed by atoms with Gasteiger partial charge in [0.2, 0.25) is 10.0 Å². The molecule has 0 saturated carbocycles. The number of nitrogens with one attached hydrogen (secondary N) is 2. The van der Waals surface area contributed by atoms with Crippen LogP contribution in [0, 0.1) is 6.92 Å². The van der Waals surface area contributed by atoms with Crippen molar-refractivity contribution in [1.29, 1.82) is 0 Å². The molecule has 7 heteroatoms. The number of rotatable bonds is 7. The van der Waals surface area contributed by atoms with Gasteiger partial charge in [-0.1, -0.05) is 48.0 Å². The van der Waals surface area contributed by atoms with E-state index in [1.54, 1.807) is 19.1 Å². The molecular weight excluding hydrogens is 352 g/mol. The van der Waals surface area contributed by atoms with E-state index >= 15 is 0 Å². The summed E-state index contributed by atoms with van der Waals surface area (Å²) in [5.74, 6) is -0.652. The van der Waals surface area contributed by atoms with Crippen molar-refractivity contribution in [2.24, 2.45) is 0 Å². The van der Waals surface area contributed by atoms with Gasteiger partial charge in [-0.05, 0) is 38.5 Å². The molecule has 0 spiro atoms. The molecule has 0 aliphatic rings. The average molecular weight is 376 g/mol. The maximum absolute atomic E-state index is 12.4. The van der Waals surface area contributed by atoms with Crippen LogP contribution in [0.25, 0.3) is 0 Å². The Kier molecular flexibility index (Phi) is 6.17. The fourth-order valence-electron chi connectivity index (χ4n) is 2.29. The number of aliphatic hydroxyl groups is 1. The Bertz CT molecular complexity index is 847. The molecule has 1 amide bonds. The van der Waals surface area contributed by atoms with Crippen molar-refractivity contribution < 1.29 is 18.3 Å². The Morgan fingerprint density at radius 2 is 1.69 bits per heavy atom. The highest BCUT2D eigenvalue weighted by Gasteiger charge is 2.33. The van der Waals surface area contributed by atoms with E-state index in [0.717, 1.165) is 11.1 Å². The van der Waals surface area contributed by atoms with Gasteiger partial charge >= 0.3 is 0 Å². The van der Waals surface area contributed by atoms with Crippen LogP contribution >= 0.6 is 0 Å². The molecule has 26 heavy (non-hydrogen) atoms. The zero-order valence-electron chi connectivity index (χ0n) is 15.1. The van der Waals surface area contributed by atoms with Crippen LogP contribution < -0.4 is 10.0 Å². The van der Waals surface area contributed by atoms with Gasteiger partial charge in [-0.15, -0.1) is 0 Å². The molecule has 0 aliphatic heterocycles. The molecule has 140 valence electrons. The van der Waals surface area contributed by atoms with Crippen LogP contribution in [0.5, 0.6) is 0 Å². The predicted molar refractivity (Wildman–Crippen MR) is 100.0 cm³/mol. The molecule has 0 aromatic heterocycles. The Morgan fingerprint density at radius 3 is 2.27 bits per heavy atom. The Labute approximate surface area is 154 Å². The lowest BCUT2D eigenvalue weighted by Crippen LogP contribution is -2.52. The number of hydrogen-bond acceptors (Lipinski definition) is 4. The Balaban J connectivity index is 2.00. The number of aryl methyl sites for hydroxylation is 1. The Hall–Kier alpha value is -2.22. The second-order valence-electron chi connectivity index (χ2n) is 6.52. The van der Waals surface area contributed by atoms with Crippen LogP contribution in [0.1, 0.15) is 31.0 Å². The quantitative estimate of drug-likeness (QED) is 0.688. The number of amides is 1. The van der Waals surface area contributed by atoms with E-state index in [0.29, 0.717) is 0 Å². The monoisotopic (exact) mass is 376 g/mol. The van der Waals surface area contributed by atoms with Crippen molar-refractivity contribution in [2.75, 3.05) is 6.54 Å². The first-order chi connectivity index (χ1) is 12.1. The standard InChI is InChI=1S/C19H24N2O4S/c1-14-9-11-17(12-10-14)26(24,25)20-13-19(3,23)18(22)21-15(2)16-7-5-4-6-8-16/h4-12,15,20,23H,13H2,1-3H3,(H,21,22)/t15-,19+/m0/s1. The van der Waals surface area contributed by atoms with Crippen molar-refractivity contribution in [3.63, 3.8) is 0 Å². The molecule has 6 nitrogen and oxygen atoms in total. The maximum Gasteiger partial charge on any atom is 0.253 e. The zero-order valence-corrected chi connectivity index (χ0v) is 15.9. The molecule has 3 N–H and O–H groups in total. The summed E-state index contributed by atoms with van der Waals surface area (Å²) in [6.45, 7) is 4.49. The van der Waals surface area contributed by atoms with E-state index in [4.69, 9.17) is 0 Å². The zero-order chi connectivity index (χ0) is 19.4. The molecule has 2 aromatic rings. The van der Waals surface area contributed by atoms with E-state index < -0.39 is 28.1 Å². The number of carbonyl (C=O) groups excluding carboxylic acids is 1. The summed E-state index contributed by atoms with van der Waals surface area (Å²) in [7, 11) is -3.81. The van der Waals surface area contributed by atoms with Crippen LogP contribution in [-0.4, -0.2) is 31.6 Å². The van der Waals surface area contributed by atoms with Gasteiger partial charge in [0.1, 0.15) is 0 Å². The van der Waals surface area contributed by atoms with Gasteiger partial charge < -0.3 is 10.4 Å². The van der Waals surface area contributed by atoms with Gasteiger partial charge in [-0.25, -0.2) is 13.1 Å². The largest absolute Gasteiger partial charge is 0.379 e. The topological polar surface area (TPSA) is 95.5 Å². The third-order valence-corrected chi connectivity index (χ3v) is 5.49. The normalized spacial score (nSPS) is 15.1. The van der Waals surface area contributed by atoms with Gasteiger partial charge in [0, 0.05) is 6.54 Å². The molecule has 2 aromatic carbocycles. The van der Waals surface area contributed by atoms with Crippen LogP contribution in [0.15, 0.2) is 59.5 Å². The summed E-state index contributed by atoms with van der Waals surface area (Å²) in [5, 5.41) is 13.1. The van der Waals surface area contributed by atoms with E-state index in [9.17, 15) is 18.3 Å². The molecule has 0 radical (unpaired) electrons. The number of hydrogen-bond donors (Lipinski definition) is 3. The van der Waals surface area contributed by atoms with Gasteiger partial charge in [0.15, 0.2) is 5.60 Å². The average Bonchev–Trinajstić information content (AvgIpc) is 2.61. The minimum absolute atomic E-state index is 0.0805. The number of carbonyl (C=O) groups is 1. The lowest BCUT2D eigenvalue weighted by atomic mass is 10.0. The van der Waals surface area contributed by atoms with Crippen molar-refractivity contribution in [2.45, 2.75) is 37.3 Å². The van der Waals surface area contributed by atoms with Crippen LogP contribution in [-0.2, 0) is 14.8 Å². The molecule has 0 aliphatic carbocycles. The van der Waals surface area contributed by atoms with E-state index in [1.807, 2.05) is 37.3 Å².